The standard InChI is InChI=1S/C10H17N3O/c1-8-5-9(12-14-8)7-13-4-2-3-10(13)6-11/h5,10H,2-4,6-7,11H2,1H3/t10-/m0/s1. The maximum atomic E-state index is 5.70. The zero-order valence-corrected chi connectivity index (χ0v) is 8.57. The topological polar surface area (TPSA) is 55.3 Å². The Morgan fingerprint density at radius 2 is 2.57 bits per heavy atom. The van der Waals surface area contributed by atoms with Gasteiger partial charge >= 0.3 is 0 Å². The molecule has 0 radical (unpaired) electrons. The summed E-state index contributed by atoms with van der Waals surface area (Å²) in [6.07, 6.45) is 2.46. The summed E-state index contributed by atoms with van der Waals surface area (Å²) in [5.74, 6) is 0.878. The summed E-state index contributed by atoms with van der Waals surface area (Å²) in [7, 11) is 0. The molecule has 0 saturated carbocycles. The average Bonchev–Trinajstić information content (AvgIpc) is 2.76. The van der Waals surface area contributed by atoms with Crippen LogP contribution in [-0.4, -0.2) is 29.2 Å². The normalized spacial score (nSPS) is 23.1. The lowest BCUT2D eigenvalue weighted by molar-refractivity contribution is 0.242. The third kappa shape index (κ3) is 1.96. The third-order valence-electron chi connectivity index (χ3n) is 2.81. The lowest BCUT2D eigenvalue weighted by atomic mass is 10.2. The van der Waals surface area contributed by atoms with Gasteiger partial charge in [0.2, 0.25) is 0 Å². The van der Waals surface area contributed by atoms with Crippen LogP contribution in [0.5, 0.6) is 0 Å². The van der Waals surface area contributed by atoms with Gasteiger partial charge in [-0.25, -0.2) is 0 Å². The van der Waals surface area contributed by atoms with Crippen molar-refractivity contribution in [3.63, 3.8) is 0 Å². The number of hydrogen-bond acceptors (Lipinski definition) is 4. The molecule has 2 N–H and O–H groups in total. The summed E-state index contributed by atoms with van der Waals surface area (Å²) in [5, 5.41) is 3.99. The predicted molar refractivity (Wildman–Crippen MR) is 53.7 cm³/mol. The van der Waals surface area contributed by atoms with Crippen molar-refractivity contribution in [2.45, 2.75) is 32.4 Å². The molecule has 1 aromatic heterocycles. The van der Waals surface area contributed by atoms with E-state index in [1.807, 2.05) is 13.0 Å². The Hall–Kier alpha value is -0.870. The molecule has 1 aliphatic heterocycles. The van der Waals surface area contributed by atoms with E-state index in [-0.39, 0.29) is 0 Å². The minimum Gasteiger partial charge on any atom is -0.361 e. The van der Waals surface area contributed by atoms with E-state index < -0.39 is 0 Å². The Kier molecular flexibility index (Phi) is 2.84. The molecule has 78 valence electrons. The van der Waals surface area contributed by atoms with E-state index in [1.54, 1.807) is 0 Å². The molecule has 0 aromatic carbocycles. The second kappa shape index (κ2) is 4.11. The fraction of sp³-hybridized carbons (Fsp3) is 0.700. The molecule has 4 heteroatoms. The summed E-state index contributed by atoms with van der Waals surface area (Å²) < 4.78 is 5.04. The number of likely N-dealkylation sites (tertiary alicyclic amines) is 1. The number of hydrogen-bond donors (Lipinski definition) is 1. The molecular formula is C10H17N3O. The van der Waals surface area contributed by atoms with E-state index in [9.17, 15) is 0 Å². The molecule has 0 spiro atoms. The van der Waals surface area contributed by atoms with Gasteiger partial charge in [0.25, 0.3) is 0 Å². The van der Waals surface area contributed by atoms with Gasteiger partial charge in [-0.3, -0.25) is 4.90 Å². The second-order valence-electron chi connectivity index (χ2n) is 3.93. The monoisotopic (exact) mass is 195 g/mol. The van der Waals surface area contributed by atoms with Crippen LogP contribution >= 0.6 is 0 Å². The Bertz CT molecular complexity index is 297. The Balaban J connectivity index is 1.96. The fourth-order valence-electron chi connectivity index (χ4n) is 2.07. The minimum atomic E-state index is 0.534. The van der Waals surface area contributed by atoms with E-state index in [4.69, 9.17) is 10.3 Å². The van der Waals surface area contributed by atoms with Crippen LogP contribution in [-0.2, 0) is 6.54 Å². The van der Waals surface area contributed by atoms with Crippen LogP contribution < -0.4 is 5.73 Å². The van der Waals surface area contributed by atoms with Crippen LogP contribution in [0.15, 0.2) is 10.6 Å². The highest BCUT2D eigenvalue weighted by molar-refractivity contribution is 5.04. The molecule has 0 aliphatic carbocycles. The molecule has 1 fully saturated rings. The van der Waals surface area contributed by atoms with Gasteiger partial charge in [0, 0.05) is 25.2 Å². The summed E-state index contributed by atoms with van der Waals surface area (Å²) in [6.45, 7) is 4.67. The first-order valence-corrected chi connectivity index (χ1v) is 5.16. The molecule has 2 heterocycles. The molecule has 1 saturated heterocycles. The molecule has 0 amide bonds. The summed E-state index contributed by atoms with van der Waals surface area (Å²) in [4.78, 5) is 2.39. The van der Waals surface area contributed by atoms with Crippen LogP contribution in [0.1, 0.15) is 24.3 Å². The van der Waals surface area contributed by atoms with Gasteiger partial charge in [0.1, 0.15) is 5.76 Å². The molecule has 1 aromatic rings. The van der Waals surface area contributed by atoms with Crippen LogP contribution in [0.3, 0.4) is 0 Å². The van der Waals surface area contributed by atoms with Crippen molar-refractivity contribution in [1.29, 1.82) is 0 Å². The van der Waals surface area contributed by atoms with Crippen LogP contribution in [0, 0.1) is 6.92 Å². The third-order valence-corrected chi connectivity index (χ3v) is 2.81. The zero-order chi connectivity index (χ0) is 9.97. The van der Waals surface area contributed by atoms with E-state index >= 15 is 0 Å². The smallest absolute Gasteiger partial charge is 0.133 e. The fourth-order valence-corrected chi connectivity index (χ4v) is 2.07. The summed E-state index contributed by atoms with van der Waals surface area (Å²) in [6, 6.07) is 2.53. The van der Waals surface area contributed by atoms with E-state index in [2.05, 4.69) is 10.1 Å². The minimum absolute atomic E-state index is 0.534. The van der Waals surface area contributed by atoms with Crippen molar-refractivity contribution < 1.29 is 4.52 Å². The van der Waals surface area contributed by atoms with Gasteiger partial charge in [-0.05, 0) is 26.3 Å². The van der Waals surface area contributed by atoms with E-state index in [0.29, 0.717) is 6.04 Å². The highest BCUT2D eigenvalue weighted by atomic mass is 16.5. The second-order valence-corrected chi connectivity index (χ2v) is 3.93. The van der Waals surface area contributed by atoms with Gasteiger partial charge in [-0.15, -0.1) is 0 Å². The van der Waals surface area contributed by atoms with Gasteiger partial charge in [-0.1, -0.05) is 5.16 Å². The van der Waals surface area contributed by atoms with Crippen molar-refractivity contribution in [2.24, 2.45) is 5.73 Å². The van der Waals surface area contributed by atoms with Crippen molar-refractivity contribution >= 4 is 0 Å². The average molecular weight is 195 g/mol. The first-order valence-electron chi connectivity index (χ1n) is 5.16. The molecule has 2 rings (SSSR count). The SMILES string of the molecule is Cc1cc(CN2CCC[C@H]2CN)no1. The van der Waals surface area contributed by atoms with Gasteiger partial charge in [0.15, 0.2) is 0 Å². The zero-order valence-electron chi connectivity index (χ0n) is 8.57. The molecule has 1 aliphatic rings. The molecule has 14 heavy (non-hydrogen) atoms. The highest BCUT2D eigenvalue weighted by Gasteiger charge is 2.23. The van der Waals surface area contributed by atoms with Crippen molar-refractivity contribution in [3.8, 4) is 0 Å². The maximum absolute atomic E-state index is 5.70. The molecule has 1 atom stereocenters. The number of rotatable bonds is 3. The lowest BCUT2D eigenvalue weighted by Crippen LogP contribution is -2.34. The quantitative estimate of drug-likeness (QED) is 0.778. The lowest BCUT2D eigenvalue weighted by Gasteiger charge is -2.21. The van der Waals surface area contributed by atoms with Crippen LogP contribution in [0.4, 0.5) is 0 Å². The first kappa shape index (κ1) is 9.68. The Morgan fingerprint density at radius 1 is 1.71 bits per heavy atom. The largest absolute Gasteiger partial charge is 0.361 e. The van der Waals surface area contributed by atoms with Crippen molar-refractivity contribution in [2.75, 3.05) is 13.1 Å². The van der Waals surface area contributed by atoms with E-state index in [1.165, 1.54) is 12.8 Å². The number of nitrogens with two attached hydrogens (primary N) is 1. The molecule has 0 unspecified atom stereocenters. The number of nitrogens with zero attached hydrogens (tertiary/aromatic N) is 2. The Morgan fingerprint density at radius 3 is 3.21 bits per heavy atom. The highest BCUT2D eigenvalue weighted by Crippen LogP contribution is 2.18. The predicted octanol–water partition coefficient (Wildman–Crippen LogP) is 0.906. The Labute approximate surface area is 84.0 Å². The van der Waals surface area contributed by atoms with Gasteiger partial charge < -0.3 is 10.3 Å². The molecular weight excluding hydrogens is 178 g/mol. The molecule has 4 nitrogen and oxygen atoms in total. The van der Waals surface area contributed by atoms with E-state index in [0.717, 1.165) is 31.1 Å². The number of aryl methyl sites for hydroxylation is 1. The van der Waals surface area contributed by atoms with Crippen molar-refractivity contribution in [3.05, 3.63) is 17.5 Å². The van der Waals surface area contributed by atoms with Gasteiger partial charge in [0.05, 0.1) is 5.69 Å². The van der Waals surface area contributed by atoms with Crippen LogP contribution in [0.2, 0.25) is 0 Å². The number of aromatic nitrogens is 1. The summed E-state index contributed by atoms with van der Waals surface area (Å²) >= 11 is 0. The molecule has 0 bridgehead atoms. The van der Waals surface area contributed by atoms with Crippen molar-refractivity contribution in [1.82, 2.24) is 10.1 Å². The summed E-state index contributed by atoms with van der Waals surface area (Å²) in [5.41, 5.74) is 6.71. The first-order chi connectivity index (χ1) is 6.79. The van der Waals surface area contributed by atoms with Crippen LogP contribution in [0.25, 0.3) is 0 Å². The maximum Gasteiger partial charge on any atom is 0.133 e. The van der Waals surface area contributed by atoms with Gasteiger partial charge in [-0.2, -0.15) is 0 Å².